The van der Waals surface area contributed by atoms with Crippen molar-refractivity contribution in [3.8, 4) is 5.75 Å². The predicted molar refractivity (Wildman–Crippen MR) is 83.5 cm³/mol. The van der Waals surface area contributed by atoms with Crippen LogP contribution in [0.25, 0.3) is 0 Å². The van der Waals surface area contributed by atoms with Crippen LogP contribution in [0.1, 0.15) is 38.2 Å². The van der Waals surface area contributed by atoms with Crippen LogP contribution >= 0.6 is 15.9 Å². The number of hydrogen-bond acceptors (Lipinski definition) is 2. The summed E-state index contributed by atoms with van der Waals surface area (Å²) in [5.41, 5.74) is 7.24. The maximum absolute atomic E-state index is 6.01. The van der Waals surface area contributed by atoms with E-state index in [4.69, 9.17) is 10.5 Å². The van der Waals surface area contributed by atoms with Gasteiger partial charge in [-0.25, -0.2) is 0 Å². The summed E-state index contributed by atoms with van der Waals surface area (Å²) in [5, 5.41) is 0. The van der Waals surface area contributed by atoms with Crippen molar-refractivity contribution in [1.82, 2.24) is 0 Å². The number of nitrogens with two attached hydrogens (primary N) is 1. The number of ether oxygens (including phenoxy) is 1. The Morgan fingerprint density at radius 2 is 2.32 bits per heavy atom. The lowest BCUT2D eigenvalue weighted by molar-refractivity contribution is 0.228. The fourth-order valence-corrected chi connectivity index (χ4v) is 2.78. The number of rotatable bonds is 5. The Morgan fingerprint density at radius 3 is 2.95 bits per heavy atom. The molecule has 104 valence electrons. The minimum atomic E-state index is 0.216. The van der Waals surface area contributed by atoms with Crippen molar-refractivity contribution in [2.45, 2.75) is 51.2 Å². The average Bonchev–Trinajstić information content (AvgIpc) is 2.43. The van der Waals surface area contributed by atoms with E-state index in [1.54, 1.807) is 0 Å². The maximum atomic E-state index is 6.01. The first-order valence-electron chi connectivity index (χ1n) is 7.06. The van der Waals surface area contributed by atoms with Crippen molar-refractivity contribution < 1.29 is 4.74 Å². The molecule has 2 atom stereocenters. The molecule has 1 aliphatic carbocycles. The molecular weight excluding hydrogens is 302 g/mol. The Labute approximate surface area is 124 Å². The first-order chi connectivity index (χ1) is 9.19. The molecule has 2 unspecified atom stereocenters. The largest absolute Gasteiger partial charge is 0.485 e. The average molecular weight is 324 g/mol. The van der Waals surface area contributed by atoms with Gasteiger partial charge in [0.1, 0.15) is 11.9 Å². The minimum Gasteiger partial charge on any atom is -0.485 e. The quantitative estimate of drug-likeness (QED) is 0.823. The van der Waals surface area contributed by atoms with Crippen molar-refractivity contribution in [3.63, 3.8) is 0 Å². The SMILES string of the molecule is CCC(N)Cc1ccc(OC2C=CCCC2)c(Br)c1. The van der Waals surface area contributed by atoms with Gasteiger partial charge in [0.2, 0.25) is 0 Å². The van der Waals surface area contributed by atoms with Gasteiger partial charge in [-0.1, -0.05) is 19.1 Å². The molecule has 0 aliphatic heterocycles. The second-order valence-corrected chi connectivity index (χ2v) is 6.01. The predicted octanol–water partition coefficient (Wildman–Crippen LogP) is 4.22. The van der Waals surface area contributed by atoms with Crippen molar-refractivity contribution in [1.29, 1.82) is 0 Å². The Hall–Kier alpha value is -0.800. The molecule has 0 aromatic heterocycles. The molecule has 1 aliphatic rings. The van der Waals surface area contributed by atoms with E-state index in [2.05, 4.69) is 47.1 Å². The molecule has 1 aromatic carbocycles. The van der Waals surface area contributed by atoms with Crippen molar-refractivity contribution in [2.75, 3.05) is 0 Å². The fourth-order valence-electron chi connectivity index (χ4n) is 2.26. The number of benzene rings is 1. The molecule has 19 heavy (non-hydrogen) atoms. The summed E-state index contributed by atoms with van der Waals surface area (Å²) < 4.78 is 7.03. The molecule has 1 aromatic rings. The minimum absolute atomic E-state index is 0.216. The monoisotopic (exact) mass is 323 g/mol. The third-order valence-electron chi connectivity index (χ3n) is 3.51. The first-order valence-corrected chi connectivity index (χ1v) is 7.85. The topological polar surface area (TPSA) is 35.2 Å². The van der Waals surface area contributed by atoms with E-state index in [1.165, 1.54) is 18.4 Å². The Morgan fingerprint density at radius 1 is 1.47 bits per heavy atom. The Kier molecular flexibility index (Phi) is 5.46. The summed E-state index contributed by atoms with van der Waals surface area (Å²) in [4.78, 5) is 0. The van der Waals surface area contributed by atoms with E-state index >= 15 is 0 Å². The van der Waals surface area contributed by atoms with E-state index < -0.39 is 0 Å². The lowest BCUT2D eigenvalue weighted by Gasteiger charge is -2.20. The second kappa shape index (κ2) is 7.11. The maximum Gasteiger partial charge on any atom is 0.134 e. The normalized spacial score (nSPS) is 20.3. The lowest BCUT2D eigenvalue weighted by Crippen LogP contribution is -2.21. The smallest absolute Gasteiger partial charge is 0.134 e. The Balaban J connectivity index is 2.02. The molecule has 0 heterocycles. The summed E-state index contributed by atoms with van der Waals surface area (Å²) >= 11 is 3.60. The van der Waals surface area contributed by atoms with Gasteiger partial charge in [-0.05, 0) is 71.8 Å². The van der Waals surface area contributed by atoms with Gasteiger partial charge in [0, 0.05) is 6.04 Å². The molecule has 0 saturated heterocycles. The molecule has 0 radical (unpaired) electrons. The highest BCUT2D eigenvalue weighted by Crippen LogP contribution is 2.29. The first kappa shape index (κ1) is 14.6. The van der Waals surface area contributed by atoms with Crippen LogP contribution in [0, 0.1) is 0 Å². The third kappa shape index (κ3) is 4.36. The Bertz CT molecular complexity index is 444. The molecule has 0 fully saturated rings. The molecule has 0 spiro atoms. The summed E-state index contributed by atoms with van der Waals surface area (Å²) in [6.07, 6.45) is 9.99. The fraction of sp³-hybridized carbons (Fsp3) is 0.500. The van der Waals surface area contributed by atoms with Crippen molar-refractivity contribution in [3.05, 3.63) is 40.4 Å². The summed E-state index contributed by atoms with van der Waals surface area (Å²) in [6.45, 7) is 2.12. The molecular formula is C16H22BrNO. The van der Waals surface area contributed by atoms with Gasteiger partial charge < -0.3 is 10.5 Å². The highest BCUT2D eigenvalue weighted by molar-refractivity contribution is 9.10. The van der Waals surface area contributed by atoms with Crippen LogP contribution in [0.2, 0.25) is 0 Å². The summed E-state index contributed by atoms with van der Waals surface area (Å²) in [5.74, 6) is 0.922. The van der Waals surface area contributed by atoms with Gasteiger partial charge in [0.15, 0.2) is 0 Å². The van der Waals surface area contributed by atoms with Crippen LogP contribution in [0.3, 0.4) is 0 Å². The zero-order valence-electron chi connectivity index (χ0n) is 11.4. The highest BCUT2D eigenvalue weighted by Gasteiger charge is 2.12. The molecule has 0 amide bonds. The second-order valence-electron chi connectivity index (χ2n) is 5.15. The van der Waals surface area contributed by atoms with Gasteiger partial charge in [-0.15, -0.1) is 0 Å². The molecule has 0 saturated carbocycles. The number of allylic oxidation sites excluding steroid dienone is 1. The number of hydrogen-bond donors (Lipinski definition) is 1. The molecule has 3 heteroatoms. The summed E-state index contributed by atoms with van der Waals surface area (Å²) in [7, 11) is 0. The molecule has 2 N–H and O–H groups in total. The van der Waals surface area contributed by atoms with Gasteiger partial charge in [0.05, 0.1) is 4.47 Å². The van der Waals surface area contributed by atoms with E-state index in [1.807, 2.05) is 6.07 Å². The van der Waals surface area contributed by atoms with Crippen LogP contribution in [0.5, 0.6) is 5.75 Å². The van der Waals surface area contributed by atoms with Gasteiger partial charge >= 0.3 is 0 Å². The molecule has 2 nitrogen and oxygen atoms in total. The molecule has 0 bridgehead atoms. The van der Waals surface area contributed by atoms with Crippen LogP contribution in [0.4, 0.5) is 0 Å². The van der Waals surface area contributed by atoms with Crippen LogP contribution in [0.15, 0.2) is 34.8 Å². The van der Waals surface area contributed by atoms with Gasteiger partial charge in [-0.3, -0.25) is 0 Å². The van der Waals surface area contributed by atoms with E-state index in [9.17, 15) is 0 Å². The van der Waals surface area contributed by atoms with Crippen molar-refractivity contribution >= 4 is 15.9 Å². The van der Waals surface area contributed by atoms with E-state index in [-0.39, 0.29) is 12.1 Å². The zero-order valence-corrected chi connectivity index (χ0v) is 13.0. The molecule has 2 rings (SSSR count). The van der Waals surface area contributed by atoms with Gasteiger partial charge in [0.25, 0.3) is 0 Å². The zero-order chi connectivity index (χ0) is 13.7. The third-order valence-corrected chi connectivity index (χ3v) is 4.13. The standard InChI is InChI=1S/C16H22BrNO/c1-2-13(18)10-12-8-9-16(15(17)11-12)19-14-6-4-3-5-7-14/h4,6,8-9,11,13-14H,2-3,5,7,10,18H2,1H3. The highest BCUT2D eigenvalue weighted by atomic mass is 79.9. The van der Waals surface area contributed by atoms with E-state index in [0.29, 0.717) is 0 Å². The summed E-state index contributed by atoms with van der Waals surface area (Å²) in [6, 6.07) is 6.52. The number of halogens is 1. The lowest BCUT2D eigenvalue weighted by atomic mass is 10.0. The van der Waals surface area contributed by atoms with E-state index in [0.717, 1.165) is 29.5 Å². The van der Waals surface area contributed by atoms with Crippen molar-refractivity contribution in [2.24, 2.45) is 5.73 Å². The van der Waals surface area contributed by atoms with Crippen LogP contribution < -0.4 is 10.5 Å². The van der Waals surface area contributed by atoms with Gasteiger partial charge in [-0.2, -0.15) is 0 Å². The van der Waals surface area contributed by atoms with Crippen LogP contribution in [-0.4, -0.2) is 12.1 Å². The van der Waals surface area contributed by atoms with Crippen LogP contribution in [-0.2, 0) is 6.42 Å².